The Kier molecular flexibility index (Phi) is 7.15. The summed E-state index contributed by atoms with van der Waals surface area (Å²) in [4.78, 5) is 39.3. The number of carboxylic acids is 1. The number of aliphatic carboxylic acids is 1. The molecule has 0 radical (unpaired) electrons. The van der Waals surface area contributed by atoms with Gasteiger partial charge >= 0.3 is 5.97 Å². The molecule has 1 aliphatic rings. The van der Waals surface area contributed by atoms with Gasteiger partial charge in [-0.1, -0.05) is 25.1 Å². The van der Waals surface area contributed by atoms with E-state index in [9.17, 15) is 14.4 Å². The van der Waals surface area contributed by atoms with Crippen LogP contribution >= 0.6 is 0 Å². The van der Waals surface area contributed by atoms with Gasteiger partial charge in [0.25, 0.3) is 5.91 Å². The van der Waals surface area contributed by atoms with Crippen LogP contribution in [0.15, 0.2) is 24.3 Å². The molecule has 1 unspecified atom stereocenters. The third-order valence-electron chi connectivity index (χ3n) is 4.41. The van der Waals surface area contributed by atoms with Crippen molar-refractivity contribution in [3.05, 3.63) is 35.4 Å². The Morgan fingerprint density at radius 3 is 2.73 bits per heavy atom. The predicted molar refractivity (Wildman–Crippen MR) is 95.7 cm³/mol. The van der Waals surface area contributed by atoms with Gasteiger partial charge in [-0.3, -0.25) is 14.4 Å². The Bertz CT molecular complexity index is 661. The molecule has 1 aromatic carbocycles. The highest BCUT2D eigenvalue weighted by Crippen LogP contribution is 2.22. The van der Waals surface area contributed by atoms with E-state index in [4.69, 9.17) is 9.84 Å². The van der Waals surface area contributed by atoms with Crippen molar-refractivity contribution >= 4 is 17.8 Å². The zero-order valence-electron chi connectivity index (χ0n) is 15.3. The molecule has 1 atom stereocenters. The van der Waals surface area contributed by atoms with E-state index >= 15 is 0 Å². The third kappa shape index (κ3) is 5.05. The molecule has 1 heterocycles. The van der Waals surface area contributed by atoms with E-state index in [-0.39, 0.29) is 24.9 Å². The Morgan fingerprint density at radius 2 is 2.08 bits per heavy atom. The highest BCUT2D eigenvalue weighted by atomic mass is 16.5. The molecule has 142 valence electrons. The second-order valence-corrected chi connectivity index (χ2v) is 6.45. The van der Waals surface area contributed by atoms with Crippen molar-refractivity contribution in [2.24, 2.45) is 5.92 Å². The minimum atomic E-state index is -0.947. The maximum Gasteiger partial charge on any atom is 0.308 e. The molecule has 0 spiro atoms. The summed E-state index contributed by atoms with van der Waals surface area (Å²) in [6.07, 6.45) is 0.625. The van der Waals surface area contributed by atoms with Gasteiger partial charge in [-0.15, -0.1) is 0 Å². The van der Waals surface area contributed by atoms with E-state index in [0.717, 1.165) is 5.56 Å². The lowest BCUT2D eigenvalue weighted by Crippen LogP contribution is -2.44. The SMILES string of the molecule is CCOCCCN(CC(C)C(=O)O)C(=O)CN1Cc2ccccc2C1=O. The van der Waals surface area contributed by atoms with Gasteiger partial charge in [0.1, 0.15) is 6.54 Å². The van der Waals surface area contributed by atoms with E-state index < -0.39 is 11.9 Å². The Morgan fingerprint density at radius 1 is 1.35 bits per heavy atom. The first-order valence-corrected chi connectivity index (χ1v) is 8.89. The smallest absolute Gasteiger partial charge is 0.308 e. The lowest BCUT2D eigenvalue weighted by Gasteiger charge is -2.27. The second kappa shape index (κ2) is 9.33. The van der Waals surface area contributed by atoms with E-state index in [1.54, 1.807) is 19.1 Å². The maximum atomic E-state index is 12.7. The average Bonchev–Trinajstić information content (AvgIpc) is 2.93. The maximum absolute atomic E-state index is 12.7. The van der Waals surface area contributed by atoms with Crippen LogP contribution in [0.2, 0.25) is 0 Å². The van der Waals surface area contributed by atoms with Crippen LogP contribution in [0, 0.1) is 5.92 Å². The van der Waals surface area contributed by atoms with Crippen LogP contribution in [0.25, 0.3) is 0 Å². The molecule has 7 nitrogen and oxygen atoms in total. The molecule has 0 aliphatic carbocycles. The fourth-order valence-corrected chi connectivity index (χ4v) is 2.93. The lowest BCUT2D eigenvalue weighted by atomic mass is 10.1. The van der Waals surface area contributed by atoms with Gasteiger partial charge in [-0.2, -0.15) is 0 Å². The van der Waals surface area contributed by atoms with Gasteiger partial charge in [0.15, 0.2) is 0 Å². The molecule has 26 heavy (non-hydrogen) atoms. The summed E-state index contributed by atoms with van der Waals surface area (Å²) in [5.41, 5.74) is 1.54. The Balaban J connectivity index is 1.99. The second-order valence-electron chi connectivity index (χ2n) is 6.45. The molecule has 0 aromatic heterocycles. The molecule has 2 rings (SSSR count). The molecular formula is C19H26N2O5. The minimum Gasteiger partial charge on any atom is -0.481 e. The Labute approximate surface area is 153 Å². The number of fused-ring (bicyclic) bond motifs is 1. The summed E-state index contributed by atoms with van der Waals surface area (Å²) >= 11 is 0. The number of carbonyl (C=O) groups excluding carboxylic acids is 2. The van der Waals surface area contributed by atoms with Crippen molar-refractivity contribution in [1.82, 2.24) is 9.80 Å². The number of carbonyl (C=O) groups is 3. The van der Waals surface area contributed by atoms with E-state index in [2.05, 4.69) is 0 Å². The number of rotatable bonds is 10. The van der Waals surface area contributed by atoms with Gasteiger partial charge in [0.05, 0.1) is 5.92 Å². The van der Waals surface area contributed by atoms with Crippen molar-refractivity contribution in [1.29, 1.82) is 0 Å². The van der Waals surface area contributed by atoms with Crippen LogP contribution in [0.1, 0.15) is 36.2 Å². The number of benzene rings is 1. The summed E-state index contributed by atoms with van der Waals surface area (Å²) in [7, 11) is 0. The molecule has 0 fully saturated rings. The number of amides is 2. The van der Waals surface area contributed by atoms with Gasteiger partial charge in [-0.25, -0.2) is 0 Å². The summed E-state index contributed by atoms with van der Waals surface area (Å²) in [6, 6.07) is 7.31. The topological polar surface area (TPSA) is 87.2 Å². The molecule has 7 heteroatoms. The first-order valence-electron chi connectivity index (χ1n) is 8.89. The molecule has 1 N–H and O–H groups in total. The zero-order chi connectivity index (χ0) is 19.1. The van der Waals surface area contributed by atoms with Crippen LogP contribution in [-0.2, 0) is 20.9 Å². The van der Waals surface area contributed by atoms with Crippen molar-refractivity contribution in [2.45, 2.75) is 26.8 Å². The highest BCUT2D eigenvalue weighted by Gasteiger charge is 2.30. The molecule has 2 amide bonds. The van der Waals surface area contributed by atoms with Crippen molar-refractivity contribution in [3.8, 4) is 0 Å². The van der Waals surface area contributed by atoms with E-state index in [0.29, 0.717) is 38.3 Å². The number of hydrogen-bond acceptors (Lipinski definition) is 4. The van der Waals surface area contributed by atoms with Crippen molar-refractivity contribution < 1.29 is 24.2 Å². The van der Waals surface area contributed by atoms with E-state index in [1.807, 2.05) is 19.1 Å². The van der Waals surface area contributed by atoms with Gasteiger partial charge in [-0.05, 0) is 25.0 Å². The summed E-state index contributed by atoms with van der Waals surface area (Å²) < 4.78 is 5.29. The highest BCUT2D eigenvalue weighted by molar-refractivity contribution is 6.00. The normalized spacial score (nSPS) is 14.2. The third-order valence-corrected chi connectivity index (χ3v) is 4.41. The number of hydrogen-bond donors (Lipinski definition) is 1. The largest absolute Gasteiger partial charge is 0.481 e. The molecule has 0 saturated heterocycles. The zero-order valence-corrected chi connectivity index (χ0v) is 15.3. The number of nitrogens with zero attached hydrogens (tertiary/aromatic N) is 2. The molecule has 1 aliphatic heterocycles. The van der Waals surface area contributed by atoms with Crippen LogP contribution in [-0.4, -0.2) is 65.5 Å². The number of carboxylic acid groups (broad SMARTS) is 1. The monoisotopic (exact) mass is 362 g/mol. The first kappa shape index (κ1) is 19.9. The van der Waals surface area contributed by atoms with Gasteiger partial charge < -0.3 is 19.6 Å². The van der Waals surface area contributed by atoms with Crippen molar-refractivity contribution in [2.75, 3.05) is 32.8 Å². The summed E-state index contributed by atoms with van der Waals surface area (Å²) in [6.45, 7) is 5.46. The van der Waals surface area contributed by atoms with Crippen molar-refractivity contribution in [3.63, 3.8) is 0 Å². The molecular weight excluding hydrogens is 336 g/mol. The fourth-order valence-electron chi connectivity index (χ4n) is 2.93. The summed E-state index contributed by atoms with van der Waals surface area (Å²) in [5, 5.41) is 9.14. The summed E-state index contributed by atoms with van der Waals surface area (Å²) in [5.74, 6) is -2.01. The molecule has 0 saturated carbocycles. The quantitative estimate of drug-likeness (QED) is 0.639. The van der Waals surface area contributed by atoms with Crippen LogP contribution in [0.5, 0.6) is 0 Å². The van der Waals surface area contributed by atoms with Gasteiger partial charge in [0, 0.05) is 38.4 Å². The standard InChI is InChI=1S/C19H26N2O5/c1-3-26-10-6-9-20(11-14(2)19(24)25)17(22)13-21-12-15-7-4-5-8-16(15)18(21)23/h4-5,7-8,14H,3,6,9-13H2,1-2H3,(H,24,25). The number of ether oxygens (including phenoxy) is 1. The average molecular weight is 362 g/mol. The lowest BCUT2D eigenvalue weighted by molar-refractivity contribution is -0.143. The predicted octanol–water partition coefficient (Wildman–Crippen LogP) is 1.62. The molecule has 1 aromatic rings. The minimum absolute atomic E-state index is 0.0471. The van der Waals surface area contributed by atoms with Crippen LogP contribution < -0.4 is 0 Å². The molecule has 0 bridgehead atoms. The Hall–Kier alpha value is -2.41. The van der Waals surface area contributed by atoms with Gasteiger partial charge in [0.2, 0.25) is 5.91 Å². The van der Waals surface area contributed by atoms with E-state index in [1.165, 1.54) is 9.80 Å². The first-order chi connectivity index (χ1) is 12.4. The van der Waals surface area contributed by atoms with Crippen LogP contribution in [0.4, 0.5) is 0 Å². The van der Waals surface area contributed by atoms with Crippen LogP contribution in [0.3, 0.4) is 0 Å². The fraction of sp³-hybridized carbons (Fsp3) is 0.526.